The van der Waals surface area contributed by atoms with Crippen molar-refractivity contribution < 1.29 is 18.3 Å². The molecule has 0 fully saturated rings. The highest BCUT2D eigenvalue weighted by atomic mass is 79.9. The van der Waals surface area contributed by atoms with Gasteiger partial charge >= 0.3 is 6.18 Å². The third-order valence-electron chi connectivity index (χ3n) is 1.54. The Morgan fingerprint density at radius 1 is 1.29 bits per heavy atom. The van der Waals surface area contributed by atoms with Crippen molar-refractivity contribution in [1.29, 1.82) is 0 Å². The summed E-state index contributed by atoms with van der Waals surface area (Å²) in [5.41, 5.74) is 0. The maximum atomic E-state index is 12.2. The van der Waals surface area contributed by atoms with Crippen molar-refractivity contribution in [1.82, 2.24) is 0 Å². The van der Waals surface area contributed by atoms with Crippen LogP contribution >= 0.6 is 43.2 Å². The predicted octanol–water partition coefficient (Wildman–Crippen LogP) is 4.18. The van der Waals surface area contributed by atoms with Crippen LogP contribution in [0.15, 0.2) is 8.95 Å². The summed E-state index contributed by atoms with van der Waals surface area (Å²) >= 11 is 7.03. The monoisotopic (exact) mass is 352 g/mol. The maximum Gasteiger partial charge on any atom is 0.419 e. The molecule has 1 heterocycles. The molecule has 1 N–H and O–H groups in total. The van der Waals surface area contributed by atoms with Gasteiger partial charge in [0.1, 0.15) is 0 Å². The molecule has 7 heteroatoms. The minimum atomic E-state index is -4.63. The normalized spacial score (nSPS) is 14.5. The molecule has 1 aromatic heterocycles. The Bertz CT molecular complexity index is 347. The van der Waals surface area contributed by atoms with Gasteiger partial charge in [-0.1, -0.05) is 0 Å². The Kier molecular flexibility index (Phi) is 3.67. The molecule has 0 bridgehead atoms. The smallest absolute Gasteiger partial charge is 0.379 e. The van der Waals surface area contributed by atoms with Crippen LogP contribution in [0.3, 0.4) is 0 Å². The topological polar surface area (TPSA) is 20.2 Å². The molecule has 0 aliphatic rings. The van der Waals surface area contributed by atoms with Gasteiger partial charge in [-0.15, -0.1) is 11.3 Å². The third-order valence-corrected chi connectivity index (χ3v) is 5.57. The largest absolute Gasteiger partial charge is 0.419 e. The lowest BCUT2D eigenvalue weighted by Gasteiger charge is -2.13. The first-order chi connectivity index (χ1) is 6.25. The van der Waals surface area contributed by atoms with Crippen molar-refractivity contribution in [2.75, 3.05) is 0 Å². The predicted molar refractivity (Wildman–Crippen MR) is 55.5 cm³/mol. The van der Waals surface area contributed by atoms with E-state index in [2.05, 4.69) is 31.9 Å². The first-order valence-corrected chi connectivity index (χ1v) is 5.84. The van der Waals surface area contributed by atoms with E-state index in [1.54, 1.807) is 6.92 Å². The summed E-state index contributed by atoms with van der Waals surface area (Å²) in [7, 11) is 0. The Morgan fingerprint density at radius 2 is 1.79 bits per heavy atom. The number of halogens is 5. The van der Waals surface area contributed by atoms with E-state index in [9.17, 15) is 13.2 Å². The number of aliphatic hydroxyl groups excluding tert-OH is 1. The lowest BCUT2D eigenvalue weighted by molar-refractivity contribution is -0.205. The number of rotatable bonds is 1. The molecule has 1 aromatic rings. The van der Waals surface area contributed by atoms with E-state index in [1.807, 2.05) is 0 Å². The number of aliphatic hydroxyl groups is 1. The minimum Gasteiger partial charge on any atom is -0.379 e. The van der Waals surface area contributed by atoms with Gasteiger partial charge in [-0.25, -0.2) is 0 Å². The lowest BCUT2D eigenvalue weighted by Crippen LogP contribution is -2.19. The minimum absolute atomic E-state index is 0.123. The standard InChI is InChI=1S/C7H5Br2F3OS/c1-2-3(8)4(9)5(14-2)6(13)7(10,11)12/h6,13H,1H3. The van der Waals surface area contributed by atoms with Crippen LogP contribution in [0.1, 0.15) is 15.9 Å². The number of hydrogen-bond acceptors (Lipinski definition) is 2. The fourth-order valence-corrected chi connectivity index (χ4v) is 3.28. The van der Waals surface area contributed by atoms with Crippen LogP contribution < -0.4 is 0 Å². The SMILES string of the molecule is Cc1sc(C(O)C(F)(F)F)c(Br)c1Br. The fraction of sp³-hybridized carbons (Fsp3) is 0.429. The maximum absolute atomic E-state index is 12.2. The molecule has 0 aliphatic carbocycles. The van der Waals surface area contributed by atoms with Crippen molar-refractivity contribution in [2.45, 2.75) is 19.2 Å². The number of hydrogen-bond donors (Lipinski definition) is 1. The molecular weight excluding hydrogens is 349 g/mol. The average molecular weight is 354 g/mol. The van der Waals surface area contributed by atoms with Gasteiger partial charge in [0, 0.05) is 13.8 Å². The molecule has 0 radical (unpaired) electrons. The van der Waals surface area contributed by atoms with Crippen LogP contribution in [-0.2, 0) is 0 Å². The summed E-state index contributed by atoms with van der Waals surface area (Å²) in [6.07, 6.45) is -7.05. The van der Waals surface area contributed by atoms with E-state index >= 15 is 0 Å². The van der Waals surface area contributed by atoms with E-state index in [0.717, 1.165) is 11.3 Å². The van der Waals surface area contributed by atoms with Crippen LogP contribution in [0.5, 0.6) is 0 Å². The molecule has 80 valence electrons. The fourth-order valence-electron chi connectivity index (χ4n) is 0.842. The van der Waals surface area contributed by atoms with Gasteiger partial charge < -0.3 is 5.11 Å². The first kappa shape index (κ1) is 12.5. The highest BCUT2D eigenvalue weighted by molar-refractivity contribution is 9.13. The van der Waals surface area contributed by atoms with Crippen LogP contribution in [-0.4, -0.2) is 11.3 Å². The molecule has 0 aromatic carbocycles. The molecular formula is C7H5Br2F3OS. The van der Waals surface area contributed by atoms with E-state index in [-0.39, 0.29) is 9.35 Å². The number of aryl methyl sites for hydroxylation is 1. The van der Waals surface area contributed by atoms with Crippen LogP contribution in [0.25, 0.3) is 0 Å². The summed E-state index contributed by atoms with van der Waals surface area (Å²) in [4.78, 5) is 0.567. The van der Waals surface area contributed by atoms with Crippen molar-refractivity contribution in [2.24, 2.45) is 0 Å². The second kappa shape index (κ2) is 4.11. The lowest BCUT2D eigenvalue weighted by atomic mass is 10.3. The molecule has 0 amide bonds. The molecule has 0 saturated carbocycles. The molecule has 0 saturated heterocycles. The zero-order valence-electron chi connectivity index (χ0n) is 6.82. The van der Waals surface area contributed by atoms with E-state index in [0.29, 0.717) is 9.35 Å². The zero-order valence-corrected chi connectivity index (χ0v) is 10.8. The molecule has 1 rings (SSSR count). The summed E-state index contributed by atoms with van der Waals surface area (Å²) in [5.74, 6) is 0. The van der Waals surface area contributed by atoms with Gasteiger partial charge in [-0.2, -0.15) is 13.2 Å². The van der Waals surface area contributed by atoms with E-state index in [4.69, 9.17) is 5.11 Å². The molecule has 1 nitrogen and oxygen atoms in total. The van der Waals surface area contributed by atoms with Gasteiger partial charge in [0.2, 0.25) is 0 Å². The Labute approximate surface area is 99.2 Å². The molecule has 1 unspecified atom stereocenters. The second-order valence-corrected chi connectivity index (χ2v) is 5.44. The number of thiophene rings is 1. The summed E-state index contributed by atoms with van der Waals surface area (Å²) in [6, 6.07) is 0. The Hall–Kier alpha value is 0.410. The van der Waals surface area contributed by atoms with Crippen LogP contribution in [0.2, 0.25) is 0 Å². The number of alkyl halides is 3. The van der Waals surface area contributed by atoms with Crippen molar-refractivity contribution in [3.8, 4) is 0 Å². The van der Waals surface area contributed by atoms with Gasteiger partial charge in [0.05, 0.1) is 4.88 Å². The van der Waals surface area contributed by atoms with Crippen molar-refractivity contribution >= 4 is 43.2 Å². The average Bonchev–Trinajstić information content (AvgIpc) is 2.30. The van der Waals surface area contributed by atoms with E-state index < -0.39 is 12.3 Å². The Morgan fingerprint density at radius 3 is 2.07 bits per heavy atom. The van der Waals surface area contributed by atoms with Gasteiger partial charge in [-0.3, -0.25) is 0 Å². The Balaban J connectivity index is 3.14. The third kappa shape index (κ3) is 2.32. The van der Waals surface area contributed by atoms with Crippen LogP contribution in [0.4, 0.5) is 13.2 Å². The van der Waals surface area contributed by atoms with Gasteiger partial charge in [0.15, 0.2) is 6.10 Å². The highest BCUT2D eigenvalue weighted by Crippen LogP contribution is 2.44. The van der Waals surface area contributed by atoms with Crippen LogP contribution in [0, 0.1) is 6.92 Å². The molecule has 14 heavy (non-hydrogen) atoms. The van der Waals surface area contributed by atoms with E-state index in [1.165, 1.54) is 0 Å². The first-order valence-electron chi connectivity index (χ1n) is 3.44. The summed E-state index contributed by atoms with van der Waals surface area (Å²) in [5, 5.41) is 9.01. The molecule has 1 atom stereocenters. The molecule has 0 aliphatic heterocycles. The zero-order chi connectivity index (χ0) is 11.1. The van der Waals surface area contributed by atoms with Gasteiger partial charge in [0.25, 0.3) is 0 Å². The van der Waals surface area contributed by atoms with Gasteiger partial charge in [-0.05, 0) is 38.8 Å². The summed E-state index contributed by atoms with van der Waals surface area (Å²) < 4.78 is 37.4. The molecule has 0 spiro atoms. The summed E-state index contributed by atoms with van der Waals surface area (Å²) in [6.45, 7) is 1.67. The quantitative estimate of drug-likeness (QED) is 0.803. The highest BCUT2D eigenvalue weighted by Gasteiger charge is 2.41. The second-order valence-electron chi connectivity index (χ2n) is 2.59. The van der Waals surface area contributed by atoms with Crippen molar-refractivity contribution in [3.63, 3.8) is 0 Å². The van der Waals surface area contributed by atoms with Crippen molar-refractivity contribution in [3.05, 3.63) is 18.7 Å².